The molecule has 0 saturated carbocycles. The van der Waals surface area contributed by atoms with E-state index in [-0.39, 0.29) is 17.9 Å². The van der Waals surface area contributed by atoms with Crippen molar-refractivity contribution in [3.63, 3.8) is 0 Å². The summed E-state index contributed by atoms with van der Waals surface area (Å²) in [6.07, 6.45) is -0.0713. The van der Waals surface area contributed by atoms with E-state index in [9.17, 15) is 13.2 Å². The molecule has 0 saturated heterocycles. The number of esters is 1. The summed E-state index contributed by atoms with van der Waals surface area (Å²) in [5.74, 6) is -0.458. The van der Waals surface area contributed by atoms with Crippen molar-refractivity contribution in [1.82, 2.24) is 4.83 Å². The van der Waals surface area contributed by atoms with Gasteiger partial charge in [-0.2, -0.15) is 13.5 Å². The maximum Gasteiger partial charge on any atom is 0.311 e. The van der Waals surface area contributed by atoms with Crippen LogP contribution in [0, 0.1) is 0 Å². The van der Waals surface area contributed by atoms with Gasteiger partial charge in [-0.15, -0.1) is 0 Å². The normalized spacial score (nSPS) is 12.0. The van der Waals surface area contributed by atoms with Crippen LogP contribution >= 0.6 is 0 Å². The van der Waals surface area contributed by atoms with Gasteiger partial charge in [0.25, 0.3) is 10.0 Å². The van der Waals surface area contributed by atoms with Crippen LogP contribution in [0.25, 0.3) is 0 Å². The van der Waals surface area contributed by atoms with Gasteiger partial charge in [0.05, 0.1) is 17.9 Å². The molecule has 0 spiro atoms. The van der Waals surface area contributed by atoms with Gasteiger partial charge in [-0.3, -0.25) is 4.79 Å². The number of ether oxygens (including phenoxy) is 1. The number of anilines is 1. The van der Waals surface area contributed by atoms with Crippen molar-refractivity contribution >= 4 is 27.4 Å². The largest absolute Gasteiger partial charge is 0.466 e. The summed E-state index contributed by atoms with van der Waals surface area (Å²) >= 11 is 0. The predicted octanol–water partition coefficient (Wildman–Crippen LogP) is 0.876. The average Bonchev–Trinajstić information content (AvgIpc) is 2.37. The van der Waals surface area contributed by atoms with Gasteiger partial charge in [-0.05, 0) is 38.1 Å². The number of nitrogens with zero attached hydrogens (tertiary/aromatic N) is 1. The zero-order valence-corrected chi connectivity index (χ0v) is 12.1. The van der Waals surface area contributed by atoms with Gasteiger partial charge in [-0.1, -0.05) is 0 Å². The van der Waals surface area contributed by atoms with Crippen LogP contribution in [0.5, 0.6) is 0 Å². The summed E-state index contributed by atoms with van der Waals surface area (Å²) < 4.78 is 28.5. The summed E-state index contributed by atoms with van der Waals surface area (Å²) in [6, 6.07) is 5.69. The Morgan fingerprint density at radius 3 is 2.50 bits per heavy atom. The molecule has 1 rings (SSSR count). The zero-order chi connectivity index (χ0) is 15.2. The summed E-state index contributed by atoms with van der Waals surface area (Å²) in [5, 5.41) is 3.66. The first-order chi connectivity index (χ1) is 9.35. The molecule has 0 radical (unpaired) electrons. The van der Waals surface area contributed by atoms with Crippen molar-refractivity contribution in [1.29, 1.82) is 0 Å². The van der Waals surface area contributed by atoms with Crippen LogP contribution in [-0.2, 0) is 19.6 Å². The third-order valence-corrected chi connectivity index (χ3v) is 3.48. The lowest BCUT2D eigenvalue weighted by Crippen LogP contribution is -2.20. The van der Waals surface area contributed by atoms with Crippen molar-refractivity contribution in [3.8, 4) is 0 Å². The number of nitrogens with two attached hydrogens (primary N) is 1. The highest BCUT2D eigenvalue weighted by Gasteiger charge is 2.13. The number of hydrazone groups is 1. The number of benzene rings is 1. The molecule has 3 N–H and O–H groups in total. The Morgan fingerprint density at radius 1 is 1.35 bits per heavy atom. The lowest BCUT2D eigenvalue weighted by molar-refractivity contribution is -0.141. The maximum atomic E-state index is 11.9. The van der Waals surface area contributed by atoms with Crippen molar-refractivity contribution in [2.75, 3.05) is 12.3 Å². The van der Waals surface area contributed by atoms with Crippen LogP contribution in [-0.4, -0.2) is 26.7 Å². The number of carbonyl (C=O) groups excluding carboxylic acids is 1. The highest BCUT2D eigenvalue weighted by molar-refractivity contribution is 7.89. The lowest BCUT2D eigenvalue weighted by atomic mass is 10.3. The van der Waals surface area contributed by atoms with Crippen molar-refractivity contribution in [2.24, 2.45) is 5.10 Å². The van der Waals surface area contributed by atoms with Crippen LogP contribution < -0.4 is 10.6 Å². The molecule has 0 aliphatic heterocycles. The molecule has 1 aromatic carbocycles. The standard InChI is InChI=1S/C12H17N3O4S/c1-3-19-12(16)8-9(2)14-15-20(17,18)11-6-4-10(13)5-7-11/h4-7,15H,3,8,13H2,1-2H3/b14-9-. The van der Waals surface area contributed by atoms with Crippen LogP contribution in [0.15, 0.2) is 34.3 Å². The van der Waals surface area contributed by atoms with Crippen molar-refractivity contribution < 1.29 is 17.9 Å². The minimum atomic E-state index is -3.77. The molecular weight excluding hydrogens is 282 g/mol. The third-order valence-electron chi connectivity index (χ3n) is 2.25. The van der Waals surface area contributed by atoms with Gasteiger partial charge in [0.2, 0.25) is 0 Å². The van der Waals surface area contributed by atoms with Crippen LogP contribution in [0.3, 0.4) is 0 Å². The van der Waals surface area contributed by atoms with Gasteiger partial charge in [-0.25, -0.2) is 4.83 Å². The van der Waals surface area contributed by atoms with Crippen molar-refractivity contribution in [2.45, 2.75) is 25.2 Å². The second-order valence-electron chi connectivity index (χ2n) is 3.99. The fourth-order valence-electron chi connectivity index (χ4n) is 1.30. The Balaban J connectivity index is 2.72. The quantitative estimate of drug-likeness (QED) is 0.350. The van der Waals surface area contributed by atoms with Crippen molar-refractivity contribution in [3.05, 3.63) is 24.3 Å². The molecule has 0 heterocycles. The van der Waals surface area contributed by atoms with E-state index in [1.165, 1.54) is 31.2 Å². The molecular formula is C12H17N3O4S. The minimum Gasteiger partial charge on any atom is -0.466 e. The minimum absolute atomic E-state index is 0.0411. The Kier molecular flexibility index (Phi) is 5.51. The third kappa shape index (κ3) is 4.88. The first kappa shape index (κ1) is 16.0. The molecule has 0 bridgehead atoms. The second-order valence-corrected chi connectivity index (χ2v) is 5.65. The molecule has 20 heavy (non-hydrogen) atoms. The number of nitrogens with one attached hydrogen (secondary N) is 1. The first-order valence-electron chi connectivity index (χ1n) is 5.91. The molecule has 0 unspecified atom stereocenters. The number of carbonyl (C=O) groups is 1. The maximum absolute atomic E-state index is 11.9. The van der Waals surface area contributed by atoms with E-state index >= 15 is 0 Å². The van der Waals surface area contributed by atoms with E-state index in [2.05, 4.69) is 9.93 Å². The summed E-state index contributed by atoms with van der Waals surface area (Å²) in [5.41, 5.74) is 6.25. The summed E-state index contributed by atoms with van der Waals surface area (Å²) in [4.78, 5) is 13.3. The topological polar surface area (TPSA) is 111 Å². The van der Waals surface area contributed by atoms with E-state index in [1.54, 1.807) is 6.92 Å². The van der Waals surface area contributed by atoms with Crippen LogP contribution in [0.1, 0.15) is 20.3 Å². The van der Waals surface area contributed by atoms with E-state index in [1.807, 2.05) is 0 Å². The van der Waals surface area contributed by atoms with E-state index < -0.39 is 16.0 Å². The molecule has 110 valence electrons. The first-order valence-corrected chi connectivity index (χ1v) is 7.39. The Hall–Kier alpha value is -2.09. The molecule has 0 aliphatic carbocycles. The van der Waals surface area contributed by atoms with Gasteiger partial charge in [0.1, 0.15) is 0 Å². The van der Waals surface area contributed by atoms with E-state index in [0.29, 0.717) is 11.4 Å². The Bertz CT molecular complexity index is 594. The molecule has 8 heteroatoms. The summed E-state index contributed by atoms with van der Waals surface area (Å²) in [7, 11) is -3.77. The molecule has 0 aliphatic rings. The zero-order valence-electron chi connectivity index (χ0n) is 11.3. The van der Waals surface area contributed by atoms with Gasteiger partial charge < -0.3 is 10.5 Å². The van der Waals surface area contributed by atoms with Gasteiger partial charge >= 0.3 is 5.97 Å². The SMILES string of the molecule is CCOC(=O)C/C(C)=N\NS(=O)(=O)c1ccc(N)cc1. The van der Waals surface area contributed by atoms with Gasteiger partial charge in [0.15, 0.2) is 0 Å². The van der Waals surface area contributed by atoms with Gasteiger partial charge in [0, 0.05) is 11.4 Å². The molecule has 0 atom stereocenters. The van der Waals surface area contributed by atoms with Crippen LogP contribution in [0.4, 0.5) is 5.69 Å². The number of hydrogen-bond acceptors (Lipinski definition) is 6. The second kappa shape index (κ2) is 6.90. The van der Waals surface area contributed by atoms with E-state index in [0.717, 1.165) is 0 Å². The fourth-order valence-corrected chi connectivity index (χ4v) is 2.17. The highest BCUT2D eigenvalue weighted by Crippen LogP contribution is 2.11. The smallest absolute Gasteiger partial charge is 0.311 e. The summed E-state index contributed by atoms with van der Waals surface area (Å²) in [6.45, 7) is 3.49. The Morgan fingerprint density at radius 2 is 1.95 bits per heavy atom. The number of sulfonamides is 1. The molecule has 0 amide bonds. The lowest BCUT2D eigenvalue weighted by Gasteiger charge is -2.05. The molecule has 0 fully saturated rings. The predicted molar refractivity (Wildman–Crippen MR) is 75.5 cm³/mol. The number of rotatable bonds is 6. The highest BCUT2D eigenvalue weighted by atomic mass is 32.2. The van der Waals surface area contributed by atoms with Crippen LogP contribution in [0.2, 0.25) is 0 Å². The average molecular weight is 299 g/mol. The monoisotopic (exact) mass is 299 g/mol. The number of hydrogen-bond donors (Lipinski definition) is 2. The van der Waals surface area contributed by atoms with E-state index in [4.69, 9.17) is 10.5 Å². The Labute approximate surface area is 117 Å². The molecule has 0 aromatic heterocycles. The molecule has 7 nitrogen and oxygen atoms in total. The fraction of sp³-hybridized carbons (Fsp3) is 0.333. The number of nitrogen functional groups attached to an aromatic ring is 1. The molecule has 1 aromatic rings.